The fourth-order valence-electron chi connectivity index (χ4n) is 3.89. The molecule has 0 bridgehead atoms. The predicted molar refractivity (Wildman–Crippen MR) is 116 cm³/mol. The van der Waals surface area contributed by atoms with Crippen LogP contribution in [0.1, 0.15) is 107 Å². The second-order valence-corrected chi connectivity index (χ2v) is 11.1. The molecule has 0 rings (SSSR count). The van der Waals surface area contributed by atoms with Gasteiger partial charge in [0, 0.05) is 12.8 Å². The highest BCUT2D eigenvalue weighted by molar-refractivity contribution is 5.70. The fraction of sp³-hybridized carbons (Fsp3) is 0.917. The van der Waals surface area contributed by atoms with Crippen molar-refractivity contribution in [3.63, 3.8) is 0 Å². The Balaban J connectivity index is 4.49. The first-order valence-electron chi connectivity index (χ1n) is 11.1. The van der Waals surface area contributed by atoms with Gasteiger partial charge in [-0.25, -0.2) is 0 Å². The normalized spacial score (nSPS) is 15.6. The molecule has 0 heterocycles. The summed E-state index contributed by atoms with van der Waals surface area (Å²) in [7, 11) is 0. The van der Waals surface area contributed by atoms with E-state index in [-0.39, 0.29) is 47.3 Å². The number of esters is 2. The molecule has 166 valence electrons. The Bertz CT molecular complexity index is 456. The summed E-state index contributed by atoms with van der Waals surface area (Å²) in [5.74, 6) is 0.174. The Kier molecular flexibility index (Phi) is 12.0. The molecule has 4 heteroatoms. The van der Waals surface area contributed by atoms with Crippen molar-refractivity contribution < 1.29 is 19.1 Å². The van der Waals surface area contributed by atoms with Crippen molar-refractivity contribution in [2.45, 2.75) is 113 Å². The van der Waals surface area contributed by atoms with Crippen LogP contribution in [0.15, 0.2) is 0 Å². The van der Waals surface area contributed by atoms with Crippen molar-refractivity contribution in [2.24, 2.45) is 22.7 Å². The highest BCUT2D eigenvalue weighted by atomic mass is 16.6. The lowest BCUT2D eigenvalue weighted by molar-refractivity contribution is -0.160. The minimum Gasteiger partial charge on any atom is -0.462 e. The maximum absolute atomic E-state index is 12.3. The Hall–Kier alpha value is -1.06. The molecular weight excluding hydrogens is 352 g/mol. The van der Waals surface area contributed by atoms with Crippen LogP contribution in [0.25, 0.3) is 0 Å². The molecule has 4 nitrogen and oxygen atoms in total. The third-order valence-electron chi connectivity index (χ3n) is 4.56. The number of carbonyl (C=O) groups is 2. The van der Waals surface area contributed by atoms with E-state index in [2.05, 4.69) is 62.3 Å². The summed E-state index contributed by atoms with van der Waals surface area (Å²) < 4.78 is 11.1. The molecule has 28 heavy (non-hydrogen) atoms. The number of carbonyl (C=O) groups excluding carboxylic acids is 2. The molecule has 0 aromatic heterocycles. The predicted octanol–water partition coefficient (Wildman–Crippen LogP) is 6.56. The summed E-state index contributed by atoms with van der Waals surface area (Å²) in [4.78, 5) is 24.5. The van der Waals surface area contributed by atoms with Gasteiger partial charge >= 0.3 is 11.9 Å². The van der Waals surface area contributed by atoms with Crippen molar-refractivity contribution in [1.29, 1.82) is 0 Å². The van der Waals surface area contributed by atoms with Gasteiger partial charge < -0.3 is 9.47 Å². The molecule has 0 aliphatic heterocycles. The molecule has 0 radical (unpaired) electrons. The Morgan fingerprint density at radius 2 is 1.29 bits per heavy atom. The second-order valence-electron chi connectivity index (χ2n) is 11.1. The first kappa shape index (κ1) is 26.9. The van der Waals surface area contributed by atoms with Gasteiger partial charge in [0.1, 0.15) is 12.7 Å². The maximum atomic E-state index is 12.3. The Morgan fingerprint density at radius 3 is 1.71 bits per heavy atom. The van der Waals surface area contributed by atoms with Crippen molar-refractivity contribution in [3.05, 3.63) is 0 Å². The van der Waals surface area contributed by atoms with E-state index in [0.29, 0.717) is 12.8 Å². The summed E-state index contributed by atoms with van der Waals surface area (Å²) in [6.07, 6.45) is 5.14. The minimum atomic E-state index is -0.337. The van der Waals surface area contributed by atoms with Gasteiger partial charge in [0.05, 0.1) is 0 Å². The van der Waals surface area contributed by atoms with Crippen LogP contribution in [0.2, 0.25) is 0 Å². The van der Waals surface area contributed by atoms with Crippen molar-refractivity contribution >= 4 is 11.9 Å². The average Bonchev–Trinajstić information content (AvgIpc) is 2.45. The Labute approximate surface area is 174 Å². The van der Waals surface area contributed by atoms with Gasteiger partial charge in [-0.05, 0) is 48.3 Å². The van der Waals surface area contributed by atoms with Crippen LogP contribution >= 0.6 is 0 Å². The van der Waals surface area contributed by atoms with Crippen molar-refractivity contribution in [2.75, 3.05) is 6.61 Å². The first-order valence-corrected chi connectivity index (χ1v) is 11.1. The highest BCUT2D eigenvalue weighted by Gasteiger charge is 2.23. The quantitative estimate of drug-likeness (QED) is 0.349. The molecule has 0 aromatic carbocycles. The number of ether oxygens (including phenoxy) is 2. The molecule has 0 spiro atoms. The molecule has 3 unspecified atom stereocenters. The number of hydrogen-bond acceptors (Lipinski definition) is 4. The monoisotopic (exact) mass is 398 g/mol. The molecule has 0 fully saturated rings. The van der Waals surface area contributed by atoms with E-state index >= 15 is 0 Å². The summed E-state index contributed by atoms with van der Waals surface area (Å²) in [6, 6.07) is 0. The van der Waals surface area contributed by atoms with Gasteiger partial charge in [-0.2, -0.15) is 0 Å². The van der Waals surface area contributed by atoms with Gasteiger partial charge in [0.2, 0.25) is 0 Å². The van der Waals surface area contributed by atoms with Gasteiger partial charge in [-0.3, -0.25) is 9.59 Å². The SMILES string of the molecule is CCCCC(COC(=O)CC(C)CC(C)(C)C)OC(=O)CC(C)CC(C)(C)C. The summed E-state index contributed by atoms with van der Waals surface area (Å²) in [5.41, 5.74) is 0.392. The average molecular weight is 399 g/mol. The molecule has 0 aromatic rings. The molecule has 0 saturated heterocycles. The standard InChI is InChI=1S/C24H46O4/c1-10-11-12-20(28-22(26)14-19(3)16-24(7,8)9)17-27-21(25)13-18(2)15-23(4,5)6/h18-20H,10-17H2,1-9H3. The van der Waals surface area contributed by atoms with Gasteiger partial charge in [0.25, 0.3) is 0 Å². The van der Waals surface area contributed by atoms with Crippen molar-refractivity contribution in [3.8, 4) is 0 Å². The molecule has 0 aliphatic carbocycles. The van der Waals surface area contributed by atoms with E-state index in [4.69, 9.17) is 9.47 Å². The highest BCUT2D eigenvalue weighted by Crippen LogP contribution is 2.27. The van der Waals surface area contributed by atoms with Gasteiger partial charge in [-0.15, -0.1) is 0 Å². The largest absolute Gasteiger partial charge is 0.462 e. The molecule has 0 N–H and O–H groups in total. The van der Waals surface area contributed by atoms with Crippen LogP contribution in [0.5, 0.6) is 0 Å². The van der Waals surface area contributed by atoms with Gasteiger partial charge in [-0.1, -0.05) is 68.7 Å². The molecule has 0 saturated carbocycles. The molecule has 3 atom stereocenters. The van der Waals surface area contributed by atoms with Crippen molar-refractivity contribution in [1.82, 2.24) is 0 Å². The summed E-state index contributed by atoms with van der Waals surface area (Å²) >= 11 is 0. The lowest BCUT2D eigenvalue weighted by Gasteiger charge is -2.24. The molecule has 0 amide bonds. The number of hydrogen-bond donors (Lipinski definition) is 0. The lowest BCUT2D eigenvalue weighted by atomic mass is 9.84. The topological polar surface area (TPSA) is 52.6 Å². The van der Waals surface area contributed by atoms with Crippen LogP contribution in [0, 0.1) is 22.7 Å². The zero-order chi connectivity index (χ0) is 22.0. The van der Waals surface area contributed by atoms with Crippen LogP contribution in [0.3, 0.4) is 0 Å². The molecule has 0 aliphatic rings. The number of rotatable bonds is 12. The minimum absolute atomic E-state index is 0.167. The van der Waals surface area contributed by atoms with Gasteiger partial charge in [0.15, 0.2) is 0 Å². The summed E-state index contributed by atoms with van der Waals surface area (Å²) in [6.45, 7) is 19.5. The van der Waals surface area contributed by atoms with E-state index < -0.39 is 0 Å². The zero-order valence-electron chi connectivity index (χ0n) is 20.0. The van der Waals surface area contributed by atoms with E-state index in [0.717, 1.165) is 32.1 Å². The molecular formula is C24H46O4. The van der Waals surface area contributed by atoms with E-state index in [1.807, 2.05) is 0 Å². The van der Waals surface area contributed by atoms with E-state index in [1.165, 1.54) is 0 Å². The van der Waals surface area contributed by atoms with Crippen LogP contribution in [-0.4, -0.2) is 24.6 Å². The smallest absolute Gasteiger partial charge is 0.306 e. The third-order valence-corrected chi connectivity index (χ3v) is 4.56. The second kappa shape index (κ2) is 12.5. The fourth-order valence-corrected chi connectivity index (χ4v) is 3.89. The van der Waals surface area contributed by atoms with Crippen LogP contribution < -0.4 is 0 Å². The zero-order valence-corrected chi connectivity index (χ0v) is 20.0. The number of unbranched alkanes of at least 4 members (excludes halogenated alkanes) is 1. The van der Waals surface area contributed by atoms with Crippen LogP contribution in [0.4, 0.5) is 0 Å². The van der Waals surface area contributed by atoms with E-state index in [9.17, 15) is 9.59 Å². The first-order chi connectivity index (χ1) is 12.7. The van der Waals surface area contributed by atoms with E-state index in [1.54, 1.807) is 0 Å². The third kappa shape index (κ3) is 15.9. The van der Waals surface area contributed by atoms with Crippen LogP contribution in [-0.2, 0) is 19.1 Å². The Morgan fingerprint density at radius 1 is 0.821 bits per heavy atom. The maximum Gasteiger partial charge on any atom is 0.306 e. The lowest BCUT2D eigenvalue weighted by Crippen LogP contribution is -2.27. The summed E-state index contributed by atoms with van der Waals surface area (Å²) in [5, 5.41) is 0.